The van der Waals surface area contributed by atoms with Crippen molar-refractivity contribution in [1.29, 1.82) is 0 Å². The third kappa shape index (κ3) is 7.69. The van der Waals surface area contributed by atoms with Crippen molar-refractivity contribution in [2.75, 3.05) is 38.9 Å². The smallest absolute Gasteiger partial charge is 0.407 e. The fourth-order valence-electron chi connectivity index (χ4n) is 3.08. The highest BCUT2D eigenvalue weighted by Gasteiger charge is 2.34. The lowest BCUT2D eigenvalue weighted by Gasteiger charge is -2.34. The van der Waals surface area contributed by atoms with Crippen LogP contribution < -0.4 is 31.3 Å². The van der Waals surface area contributed by atoms with E-state index in [-0.39, 0.29) is 13.0 Å². The number of primary amides is 1. The Morgan fingerprint density at radius 1 is 1.17 bits per heavy atom. The number of anilines is 1. The molecule has 35 heavy (non-hydrogen) atoms. The van der Waals surface area contributed by atoms with E-state index in [9.17, 15) is 28.8 Å². The van der Waals surface area contributed by atoms with Gasteiger partial charge in [-0.05, 0) is 40.8 Å². The van der Waals surface area contributed by atoms with Gasteiger partial charge in [0.1, 0.15) is 18.5 Å². The second-order valence-electron chi connectivity index (χ2n) is 7.16. The van der Waals surface area contributed by atoms with E-state index in [1.165, 1.54) is 12.0 Å². The van der Waals surface area contributed by atoms with Gasteiger partial charge in [-0.25, -0.2) is 14.5 Å². The normalized spacial score (nSPS) is 14.1. The van der Waals surface area contributed by atoms with Gasteiger partial charge in [-0.2, -0.15) is 0 Å². The predicted octanol–water partition coefficient (Wildman–Crippen LogP) is -0.752. The van der Waals surface area contributed by atoms with Crippen LogP contribution in [0.1, 0.15) is 12.8 Å². The summed E-state index contributed by atoms with van der Waals surface area (Å²) in [5, 5.41) is 6.75. The van der Waals surface area contributed by atoms with Gasteiger partial charge in [-0.1, -0.05) is 0 Å². The maximum Gasteiger partial charge on any atom is 0.407 e. The number of urea groups is 1. The van der Waals surface area contributed by atoms with Crippen LogP contribution in [0.5, 0.6) is 5.75 Å². The molecule has 1 aromatic carbocycles. The summed E-state index contributed by atoms with van der Waals surface area (Å²) in [5.41, 5.74) is 5.55. The van der Waals surface area contributed by atoms with Crippen LogP contribution >= 0.6 is 22.6 Å². The number of nitrogens with one attached hydrogen (secondary N) is 3. The largest absolute Gasteiger partial charge is 0.495 e. The standard InChI is InChI=1S/C20H25IN6O8/c1-34-14-4-3-11(21)7-13(14)26-6-5-17(30)27(20(26)33)10-24-16(29)9-23-18(31)12(8-15(22)28)25-19(32)35-2/h3-4,7,12H,5-6,8-10H2,1-2H3,(H2,22,28)(H,23,31)(H,24,29)(H,25,32)/t12-/m0/s1. The number of hydrogen-bond donors (Lipinski definition) is 4. The second kappa shape index (κ2) is 12.7. The summed E-state index contributed by atoms with van der Waals surface area (Å²) < 4.78 is 10.6. The van der Waals surface area contributed by atoms with Crippen LogP contribution in [0.4, 0.5) is 15.3 Å². The summed E-state index contributed by atoms with van der Waals surface area (Å²) in [4.78, 5) is 74.5. The summed E-state index contributed by atoms with van der Waals surface area (Å²) >= 11 is 2.09. The Morgan fingerprint density at radius 2 is 1.89 bits per heavy atom. The van der Waals surface area contributed by atoms with Crippen LogP contribution in [-0.4, -0.2) is 80.7 Å². The molecular formula is C20H25IN6O8. The number of nitrogens with two attached hydrogens (primary N) is 1. The molecule has 14 nitrogen and oxygen atoms in total. The number of ether oxygens (including phenoxy) is 2. The molecule has 0 saturated carbocycles. The molecule has 1 fully saturated rings. The average molecular weight is 604 g/mol. The van der Waals surface area contributed by atoms with Gasteiger partial charge in [-0.3, -0.25) is 24.1 Å². The van der Waals surface area contributed by atoms with Crippen molar-refractivity contribution in [3.05, 3.63) is 21.8 Å². The van der Waals surface area contributed by atoms with E-state index < -0.39 is 61.4 Å². The molecule has 1 saturated heterocycles. The summed E-state index contributed by atoms with van der Waals surface area (Å²) in [6.45, 7) is -0.842. The number of nitrogens with zero attached hydrogens (tertiary/aromatic N) is 2. The predicted molar refractivity (Wildman–Crippen MR) is 129 cm³/mol. The zero-order valence-electron chi connectivity index (χ0n) is 19.0. The SMILES string of the molecule is COC(=O)N[C@@H](CC(N)=O)C(=O)NCC(=O)NCN1C(=O)CCN(c2cc(I)ccc2OC)C1=O. The first-order valence-electron chi connectivity index (χ1n) is 10.2. The van der Waals surface area contributed by atoms with Crippen molar-refractivity contribution in [2.45, 2.75) is 18.9 Å². The molecule has 7 amide bonds. The van der Waals surface area contributed by atoms with E-state index in [0.29, 0.717) is 11.4 Å². The van der Waals surface area contributed by atoms with Crippen LogP contribution in [-0.2, 0) is 23.9 Å². The summed E-state index contributed by atoms with van der Waals surface area (Å²) in [6, 6.07) is 3.26. The Hall–Kier alpha value is -3.63. The van der Waals surface area contributed by atoms with Crippen molar-refractivity contribution in [3.63, 3.8) is 0 Å². The summed E-state index contributed by atoms with van der Waals surface area (Å²) in [7, 11) is 2.53. The lowest BCUT2D eigenvalue weighted by Crippen LogP contribution is -2.56. The van der Waals surface area contributed by atoms with E-state index in [1.54, 1.807) is 12.1 Å². The number of methoxy groups -OCH3 is 2. The maximum atomic E-state index is 13.0. The van der Waals surface area contributed by atoms with Gasteiger partial charge in [0, 0.05) is 16.5 Å². The van der Waals surface area contributed by atoms with Gasteiger partial charge in [0.05, 0.1) is 32.9 Å². The molecule has 1 atom stereocenters. The molecule has 15 heteroatoms. The van der Waals surface area contributed by atoms with Crippen LogP contribution in [0.3, 0.4) is 0 Å². The molecule has 0 bridgehead atoms. The molecule has 5 N–H and O–H groups in total. The average Bonchev–Trinajstić information content (AvgIpc) is 2.81. The topological polar surface area (TPSA) is 189 Å². The minimum absolute atomic E-state index is 0.0287. The van der Waals surface area contributed by atoms with Gasteiger partial charge in [0.2, 0.25) is 23.6 Å². The van der Waals surface area contributed by atoms with Gasteiger partial charge in [0.15, 0.2) is 0 Å². The number of benzene rings is 1. The van der Waals surface area contributed by atoms with Crippen molar-refractivity contribution in [1.82, 2.24) is 20.9 Å². The number of alkyl carbamates (subject to hydrolysis) is 1. The number of carbonyl (C=O) groups excluding carboxylic acids is 6. The Morgan fingerprint density at radius 3 is 2.51 bits per heavy atom. The number of imide groups is 1. The lowest BCUT2D eigenvalue weighted by molar-refractivity contribution is -0.131. The molecule has 0 radical (unpaired) electrons. The Balaban J connectivity index is 1.97. The van der Waals surface area contributed by atoms with Crippen molar-refractivity contribution in [2.24, 2.45) is 5.73 Å². The third-order valence-electron chi connectivity index (χ3n) is 4.80. The number of amides is 7. The van der Waals surface area contributed by atoms with E-state index in [1.807, 2.05) is 6.07 Å². The fraction of sp³-hybridized carbons (Fsp3) is 0.400. The molecule has 1 aromatic rings. The summed E-state index contributed by atoms with van der Waals surface area (Å²) in [6.07, 6.45) is -1.45. The van der Waals surface area contributed by atoms with E-state index in [0.717, 1.165) is 15.6 Å². The number of rotatable bonds is 10. The zero-order valence-corrected chi connectivity index (χ0v) is 21.1. The molecule has 0 aromatic heterocycles. The van der Waals surface area contributed by atoms with Gasteiger partial charge in [0.25, 0.3) is 0 Å². The van der Waals surface area contributed by atoms with E-state index in [4.69, 9.17) is 10.5 Å². The first-order valence-corrected chi connectivity index (χ1v) is 11.3. The quantitative estimate of drug-likeness (QED) is 0.251. The molecular weight excluding hydrogens is 579 g/mol. The number of hydrogen-bond acceptors (Lipinski definition) is 8. The van der Waals surface area contributed by atoms with Crippen LogP contribution in [0.2, 0.25) is 0 Å². The third-order valence-corrected chi connectivity index (χ3v) is 5.47. The van der Waals surface area contributed by atoms with Crippen molar-refractivity contribution in [3.8, 4) is 5.75 Å². The first-order chi connectivity index (χ1) is 16.6. The molecule has 190 valence electrons. The molecule has 1 aliphatic heterocycles. The zero-order chi connectivity index (χ0) is 26.1. The lowest BCUT2D eigenvalue weighted by atomic mass is 10.2. The van der Waals surface area contributed by atoms with Gasteiger partial charge >= 0.3 is 12.1 Å². The van der Waals surface area contributed by atoms with Crippen molar-refractivity contribution >= 4 is 64.0 Å². The molecule has 2 rings (SSSR count). The van der Waals surface area contributed by atoms with Crippen LogP contribution in [0, 0.1) is 3.57 Å². The molecule has 1 heterocycles. The fourth-order valence-corrected chi connectivity index (χ4v) is 3.55. The van der Waals surface area contributed by atoms with E-state index in [2.05, 4.69) is 43.3 Å². The minimum Gasteiger partial charge on any atom is -0.495 e. The monoisotopic (exact) mass is 604 g/mol. The Labute approximate surface area is 214 Å². The first kappa shape index (κ1) is 27.6. The highest BCUT2D eigenvalue weighted by Crippen LogP contribution is 2.32. The van der Waals surface area contributed by atoms with Crippen molar-refractivity contribution < 1.29 is 38.2 Å². The highest BCUT2D eigenvalue weighted by atomic mass is 127. The summed E-state index contributed by atoms with van der Waals surface area (Å²) in [5.74, 6) is -2.47. The Bertz CT molecular complexity index is 1020. The van der Waals surface area contributed by atoms with Crippen LogP contribution in [0.25, 0.3) is 0 Å². The highest BCUT2D eigenvalue weighted by molar-refractivity contribution is 14.1. The molecule has 0 unspecified atom stereocenters. The molecule has 1 aliphatic rings. The van der Waals surface area contributed by atoms with Crippen LogP contribution in [0.15, 0.2) is 18.2 Å². The minimum atomic E-state index is -1.35. The Kier molecular flexibility index (Phi) is 10.0. The molecule has 0 spiro atoms. The van der Waals surface area contributed by atoms with E-state index >= 15 is 0 Å². The van der Waals surface area contributed by atoms with Gasteiger partial charge in [-0.15, -0.1) is 0 Å². The second-order valence-corrected chi connectivity index (χ2v) is 8.40. The number of carbonyl (C=O) groups is 6. The number of halogens is 1. The maximum absolute atomic E-state index is 13.0. The molecule has 0 aliphatic carbocycles. The van der Waals surface area contributed by atoms with Gasteiger partial charge < -0.3 is 31.2 Å².